The van der Waals surface area contributed by atoms with E-state index in [4.69, 9.17) is 32.7 Å². The number of carbonyl (C=O) groups is 2. The average Bonchev–Trinajstić information content (AvgIpc) is 3.08. The minimum absolute atomic E-state index is 0.193. The lowest BCUT2D eigenvalue weighted by atomic mass is 10.1. The summed E-state index contributed by atoms with van der Waals surface area (Å²) in [6.07, 6.45) is 0.414. The number of thioether (sulfide) groups is 1. The summed E-state index contributed by atoms with van der Waals surface area (Å²) in [5.74, 6) is 0.991. The van der Waals surface area contributed by atoms with Crippen LogP contribution in [-0.4, -0.2) is 27.9 Å². The van der Waals surface area contributed by atoms with E-state index in [1.54, 1.807) is 12.1 Å². The van der Waals surface area contributed by atoms with Gasteiger partial charge in [0.15, 0.2) is 11.5 Å². The van der Waals surface area contributed by atoms with E-state index in [1.165, 1.54) is 4.90 Å². The van der Waals surface area contributed by atoms with E-state index in [2.05, 4.69) is 0 Å². The first-order valence-electron chi connectivity index (χ1n) is 10.8. The maximum absolute atomic E-state index is 13.0. The van der Waals surface area contributed by atoms with Gasteiger partial charge in [-0.05, 0) is 54.8 Å². The van der Waals surface area contributed by atoms with E-state index in [-0.39, 0.29) is 17.7 Å². The zero-order valence-electron chi connectivity index (χ0n) is 18.5. The second-order valence-electron chi connectivity index (χ2n) is 7.72. The van der Waals surface area contributed by atoms with Crippen molar-refractivity contribution in [3.63, 3.8) is 0 Å². The molecule has 0 N–H and O–H groups in total. The van der Waals surface area contributed by atoms with Gasteiger partial charge in [0, 0.05) is 15.6 Å². The molecule has 3 aromatic rings. The Morgan fingerprint density at radius 2 is 1.65 bits per heavy atom. The Hall–Kier alpha value is -2.67. The summed E-state index contributed by atoms with van der Waals surface area (Å²) in [4.78, 5) is 26.8. The molecule has 2 amide bonds. The Morgan fingerprint density at radius 3 is 2.38 bits per heavy atom. The van der Waals surface area contributed by atoms with Gasteiger partial charge < -0.3 is 9.47 Å². The molecule has 0 unspecified atom stereocenters. The van der Waals surface area contributed by atoms with E-state index < -0.39 is 5.25 Å². The Bertz CT molecular complexity index is 1190. The van der Waals surface area contributed by atoms with Crippen LogP contribution in [-0.2, 0) is 24.4 Å². The normalized spacial score (nSPS) is 15.6. The maximum atomic E-state index is 13.0. The Morgan fingerprint density at radius 1 is 0.912 bits per heavy atom. The fraction of sp³-hybridized carbons (Fsp3) is 0.231. The number of carbonyl (C=O) groups excluding carboxylic acids is 2. The minimum Gasteiger partial charge on any atom is -0.490 e. The number of imide groups is 1. The number of hydrogen-bond acceptors (Lipinski definition) is 5. The Balaban J connectivity index is 1.44. The molecule has 0 saturated carbocycles. The molecule has 3 aromatic carbocycles. The van der Waals surface area contributed by atoms with Gasteiger partial charge in [-0.2, -0.15) is 0 Å². The van der Waals surface area contributed by atoms with Crippen molar-refractivity contribution in [2.24, 2.45) is 0 Å². The Labute approximate surface area is 212 Å². The SMILES string of the molecule is CCOc1cc(C[C@H]2SC(=O)N(Cc3ccc(Cl)cc3)C2=O)ccc1OCc1ccccc1Cl. The van der Waals surface area contributed by atoms with Crippen LogP contribution in [0.4, 0.5) is 4.79 Å². The summed E-state index contributed by atoms with van der Waals surface area (Å²) in [7, 11) is 0. The number of amides is 2. The van der Waals surface area contributed by atoms with E-state index in [1.807, 2.05) is 61.5 Å². The summed E-state index contributed by atoms with van der Waals surface area (Å²) in [6, 6.07) is 20.2. The second-order valence-corrected chi connectivity index (χ2v) is 9.72. The smallest absolute Gasteiger partial charge is 0.289 e. The molecule has 0 radical (unpaired) electrons. The summed E-state index contributed by atoms with van der Waals surface area (Å²) < 4.78 is 11.7. The number of rotatable bonds is 9. The van der Waals surface area contributed by atoms with Crippen molar-refractivity contribution in [1.82, 2.24) is 4.90 Å². The van der Waals surface area contributed by atoms with Crippen molar-refractivity contribution in [3.8, 4) is 11.5 Å². The predicted molar refractivity (Wildman–Crippen MR) is 136 cm³/mol. The lowest BCUT2D eigenvalue weighted by Crippen LogP contribution is -2.31. The number of benzene rings is 3. The number of ether oxygens (including phenoxy) is 2. The van der Waals surface area contributed by atoms with Gasteiger partial charge in [-0.1, -0.05) is 71.4 Å². The van der Waals surface area contributed by atoms with Crippen LogP contribution in [0.1, 0.15) is 23.6 Å². The van der Waals surface area contributed by atoms with Crippen molar-refractivity contribution < 1.29 is 19.1 Å². The van der Waals surface area contributed by atoms with Crippen LogP contribution in [0.2, 0.25) is 10.0 Å². The molecular formula is C26H23Cl2NO4S. The third kappa shape index (κ3) is 5.87. The Kier molecular flexibility index (Phi) is 8.03. The van der Waals surface area contributed by atoms with Gasteiger partial charge in [-0.3, -0.25) is 14.5 Å². The highest BCUT2D eigenvalue weighted by atomic mass is 35.5. The van der Waals surface area contributed by atoms with Crippen molar-refractivity contribution >= 4 is 46.1 Å². The highest BCUT2D eigenvalue weighted by Gasteiger charge is 2.39. The van der Waals surface area contributed by atoms with Crippen LogP contribution in [0, 0.1) is 0 Å². The fourth-order valence-corrected chi connectivity index (χ4v) is 4.94. The maximum Gasteiger partial charge on any atom is 0.289 e. The third-order valence-corrected chi connectivity index (χ3v) is 7.02. The van der Waals surface area contributed by atoms with E-state index in [9.17, 15) is 9.59 Å². The molecule has 1 aliphatic rings. The number of nitrogens with zero attached hydrogens (tertiary/aromatic N) is 1. The number of halogens is 2. The lowest BCUT2D eigenvalue weighted by Gasteiger charge is -2.16. The molecule has 0 aliphatic carbocycles. The molecular weight excluding hydrogens is 493 g/mol. The van der Waals surface area contributed by atoms with Crippen molar-refractivity contribution in [2.75, 3.05) is 6.61 Å². The van der Waals surface area contributed by atoms with Gasteiger partial charge in [-0.25, -0.2) is 0 Å². The molecule has 34 heavy (non-hydrogen) atoms. The molecule has 8 heteroatoms. The third-order valence-electron chi connectivity index (χ3n) is 5.33. The number of hydrogen-bond donors (Lipinski definition) is 0. The fourth-order valence-electron chi connectivity index (χ4n) is 3.60. The summed E-state index contributed by atoms with van der Waals surface area (Å²) >= 11 is 13.2. The van der Waals surface area contributed by atoms with Gasteiger partial charge in [0.1, 0.15) is 6.61 Å². The molecule has 1 heterocycles. The van der Waals surface area contributed by atoms with Gasteiger partial charge in [0.25, 0.3) is 5.24 Å². The zero-order chi connectivity index (χ0) is 24.1. The first-order chi connectivity index (χ1) is 16.4. The van der Waals surface area contributed by atoms with Crippen molar-refractivity contribution in [3.05, 3.63) is 93.5 Å². The largest absolute Gasteiger partial charge is 0.490 e. The van der Waals surface area contributed by atoms with Crippen LogP contribution in [0.25, 0.3) is 0 Å². The van der Waals surface area contributed by atoms with Gasteiger partial charge in [-0.15, -0.1) is 0 Å². The van der Waals surface area contributed by atoms with Gasteiger partial charge >= 0.3 is 0 Å². The molecule has 0 bridgehead atoms. The van der Waals surface area contributed by atoms with Crippen LogP contribution in [0.5, 0.6) is 11.5 Å². The van der Waals surface area contributed by atoms with E-state index >= 15 is 0 Å². The zero-order valence-corrected chi connectivity index (χ0v) is 20.8. The summed E-state index contributed by atoms with van der Waals surface area (Å²) in [5, 5.41) is 0.528. The minimum atomic E-state index is -0.482. The van der Waals surface area contributed by atoms with Crippen molar-refractivity contribution in [1.29, 1.82) is 0 Å². The van der Waals surface area contributed by atoms with E-state index in [0.717, 1.165) is 28.5 Å². The lowest BCUT2D eigenvalue weighted by molar-refractivity contribution is -0.127. The summed E-state index contributed by atoms with van der Waals surface area (Å²) in [5.41, 5.74) is 2.62. The van der Waals surface area contributed by atoms with Crippen LogP contribution >= 0.6 is 35.0 Å². The molecule has 5 nitrogen and oxygen atoms in total. The van der Waals surface area contributed by atoms with Crippen LogP contribution in [0.3, 0.4) is 0 Å². The quantitative estimate of drug-likeness (QED) is 0.314. The standard InChI is InChI=1S/C26H23Cl2NO4S/c1-2-32-23-13-18(9-12-22(23)33-16-19-5-3-4-6-21(19)28)14-24-25(30)29(26(31)34-24)15-17-7-10-20(27)11-8-17/h3-13,24H,2,14-16H2,1H3/t24-/m1/s1. The predicted octanol–water partition coefficient (Wildman–Crippen LogP) is 6.78. The molecule has 1 aliphatic heterocycles. The molecule has 0 spiro atoms. The van der Waals surface area contributed by atoms with Crippen molar-refractivity contribution in [2.45, 2.75) is 31.7 Å². The first-order valence-corrected chi connectivity index (χ1v) is 12.5. The summed E-state index contributed by atoms with van der Waals surface area (Å²) in [6.45, 7) is 2.91. The average molecular weight is 516 g/mol. The monoisotopic (exact) mass is 515 g/mol. The molecule has 1 atom stereocenters. The van der Waals surface area contributed by atoms with Crippen LogP contribution < -0.4 is 9.47 Å². The molecule has 4 rings (SSSR count). The molecule has 176 valence electrons. The van der Waals surface area contributed by atoms with E-state index in [0.29, 0.717) is 41.2 Å². The highest BCUT2D eigenvalue weighted by molar-refractivity contribution is 8.15. The van der Waals surface area contributed by atoms with Gasteiger partial charge in [0.2, 0.25) is 5.91 Å². The molecule has 1 saturated heterocycles. The van der Waals surface area contributed by atoms with Crippen LogP contribution in [0.15, 0.2) is 66.7 Å². The van der Waals surface area contributed by atoms with Gasteiger partial charge in [0.05, 0.1) is 18.4 Å². The molecule has 0 aromatic heterocycles. The second kappa shape index (κ2) is 11.2. The highest BCUT2D eigenvalue weighted by Crippen LogP contribution is 2.34. The molecule has 1 fully saturated rings. The first kappa shape index (κ1) is 24.5. The topological polar surface area (TPSA) is 55.8 Å².